The summed E-state index contributed by atoms with van der Waals surface area (Å²) in [6.07, 6.45) is 3.61. The second kappa shape index (κ2) is 9.61. The predicted molar refractivity (Wildman–Crippen MR) is 112 cm³/mol. The third-order valence-corrected chi connectivity index (χ3v) is 4.33. The molecule has 3 rings (SSSR count). The molecule has 0 aliphatic heterocycles. The molecule has 0 saturated heterocycles. The van der Waals surface area contributed by atoms with Crippen LogP contribution in [-0.4, -0.2) is 22.5 Å². The Morgan fingerprint density at radius 2 is 1.86 bits per heavy atom. The number of nitrogen functional groups attached to an aromatic ring is 1. The van der Waals surface area contributed by atoms with Gasteiger partial charge in [0.2, 0.25) is 0 Å². The van der Waals surface area contributed by atoms with Gasteiger partial charge in [-0.05, 0) is 60.8 Å². The Kier molecular flexibility index (Phi) is 6.70. The van der Waals surface area contributed by atoms with Crippen LogP contribution in [0.4, 0.5) is 26.5 Å². The van der Waals surface area contributed by atoms with Crippen LogP contribution >= 0.6 is 0 Å². The van der Waals surface area contributed by atoms with Crippen LogP contribution in [0.5, 0.6) is 0 Å². The van der Waals surface area contributed by atoms with Gasteiger partial charge in [0.05, 0.1) is 12.4 Å². The third-order valence-electron chi connectivity index (χ3n) is 4.33. The molecule has 8 heteroatoms. The van der Waals surface area contributed by atoms with Gasteiger partial charge in [0, 0.05) is 12.2 Å². The molecule has 0 fully saturated rings. The zero-order chi connectivity index (χ0) is 20.6. The van der Waals surface area contributed by atoms with Crippen molar-refractivity contribution in [3.8, 4) is 0 Å². The molecular weight excluding hydrogens is 371 g/mol. The molecule has 0 aliphatic carbocycles. The maximum absolute atomic E-state index is 12.9. The lowest BCUT2D eigenvalue weighted by atomic mass is 10.0. The Morgan fingerprint density at radius 1 is 1.07 bits per heavy atom. The second-order valence-electron chi connectivity index (χ2n) is 6.60. The largest absolute Gasteiger partial charge is 0.382 e. The molecule has 150 valence electrons. The summed E-state index contributed by atoms with van der Waals surface area (Å²) < 4.78 is 12.9. The number of nitrogens with one attached hydrogen (secondary N) is 3. The minimum atomic E-state index is -0.405. The van der Waals surface area contributed by atoms with Crippen LogP contribution in [0.3, 0.4) is 0 Å². The Hall–Kier alpha value is -3.52. The van der Waals surface area contributed by atoms with Crippen LogP contribution in [-0.2, 0) is 13.0 Å². The molecule has 0 radical (unpaired) electrons. The molecule has 2 aromatic carbocycles. The number of urea groups is 1. The van der Waals surface area contributed by atoms with Gasteiger partial charge >= 0.3 is 6.03 Å². The van der Waals surface area contributed by atoms with Gasteiger partial charge in [-0.25, -0.2) is 19.2 Å². The monoisotopic (exact) mass is 394 g/mol. The molecule has 7 nitrogen and oxygen atoms in total. The summed E-state index contributed by atoms with van der Waals surface area (Å²) in [6, 6.07) is 11.8. The van der Waals surface area contributed by atoms with Crippen LogP contribution in [0, 0.1) is 12.7 Å². The summed E-state index contributed by atoms with van der Waals surface area (Å²) in [5.41, 5.74) is 9.47. The number of carbonyl (C=O) groups excluding carboxylic acids is 1. The fourth-order valence-electron chi connectivity index (χ4n) is 2.79. The quantitative estimate of drug-likeness (QED) is 0.459. The number of hydrogen-bond donors (Lipinski definition) is 4. The maximum Gasteiger partial charge on any atom is 0.324 e. The maximum atomic E-state index is 12.9. The van der Waals surface area contributed by atoms with E-state index in [9.17, 15) is 9.18 Å². The molecule has 0 atom stereocenters. The van der Waals surface area contributed by atoms with Crippen LogP contribution in [0.2, 0.25) is 0 Å². The Balaban J connectivity index is 1.47. The number of hydrogen-bond acceptors (Lipinski definition) is 5. The molecule has 0 aliphatic rings. The lowest BCUT2D eigenvalue weighted by molar-refractivity contribution is 0.262. The molecule has 1 heterocycles. The van der Waals surface area contributed by atoms with E-state index in [4.69, 9.17) is 5.73 Å². The van der Waals surface area contributed by atoms with E-state index in [-0.39, 0.29) is 11.6 Å². The van der Waals surface area contributed by atoms with E-state index < -0.39 is 6.03 Å². The molecule has 2 amide bonds. The lowest BCUT2D eigenvalue weighted by Crippen LogP contribution is -2.20. The SMILES string of the molecule is Cc1cc(NC(=O)Nc2cnc(N)cn2)ccc1CCNCc1ccc(F)cc1. The highest BCUT2D eigenvalue weighted by Gasteiger charge is 2.06. The lowest BCUT2D eigenvalue weighted by Gasteiger charge is -2.11. The molecule has 3 aromatic rings. The van der Waals surface area contributed by atoms with Crippen molar-refractivity contribution in [3.05, 3.63) is 77.4 Å². The fourth-order valence-corrected chi connectivity index (χ4v) is 2.79. The van der Waals surface area contributed by atoms with Gasteiger partial charge in [-0.15, -0.1) is 0 Å². The number of nitrogens with zero attached hydrogens (tertiary/aromatic N) is 2. The van der Waals surface area contributed by atoms with Crippen molar-refractivity contribution in [1.29, 1.82) is 0 Å². The first kappa shape index (κ1) is 20.2. The predicted octanol–water partition coefficient (Wildman–Crippen LogP) is 3.48. The number of aryl methyl sites for hydroxylation is 1. The topological polar surface area (TPSA) is 105 Å². The van der Waals surface area contributed by atoms with Gasteiger partial charge in [0.1, 0.15) is 11.6 Å². The van der Waals surface area contributed by atoms with Gasteiger partial charge in [-0.1, -0.05) is 18.2 Å². The van der Waals surface area contributed by atoms with Gasteiger partial charge in [0.15, 0.2) is 5.82 Å². The first-order chi connectivity index (χ1) is 14.0. The zero-order valence-corrected chi connectivity index (χ0v) is 16.1. The van der Waals surface area contributed by atoms with E-state index in [1.54, 1.807) is 12.1 Å². The molecular formula is C21H23FN6O. The summed E-state index contributed by atoms with van der Waals surface area (Å²) in [5, 5.41) is 8.72. The van der Waals surface area contributed by atoms with Crippen LogP contribution < -0.4 is 21.7 Å². The third kappa shape index (κ3) is 6.25. The molecule has 0 spiro atoms. The van der Waals surface area contributed by atoms with E-state index in [0.717, 1.165) is 24.1 Å². The zero-order valence-electron chi connectivity index (χ0n) is 16.1. The molecule has 0 bridgehead atoms. The number of amides is 2. The second-order valence-corrected chi connectivity index (χ2v) is 6.60. The number of halogens is 1. The molecule has 5 N–H and O–H groups in total. The number of carbonyl (C=O) groups is 1. The van der Waals surface area contributed by atoms with Crippen molar-refractivity contribution in [2.45, 2.75) is 19.9 Å². The molecule has 1 aromatic heterocycles. The van der Waals surface area contributed by atoms with Crippen molar-refractivity contribution in [3.63, 3.8) is 0 Å². The van der Waals surface area contributed by atoms with Crippen LogP contribution in [0.25, 0.3) is 0 Å². The first-order valence-electron chi connectivity index (χ1n) is 9.20. The average molecular weight is 394 g/mol. The number of nitrogens with two attached hydrogens (primary N) is 1. The highest BCUT2D eigenvalue weighted by molar-refractivity contribution is 5.99. The van der Waals surface area contributed by atoms with Gasteiger partial charge in [-0.3, -0.25) is 5.32 Å². The molecule has 29 heavy (non-hydrogen) atoms. The van der Waals surface area contributed by atoms with Crippen molar-refractivity contribution in [2.24, 2.45) is 0 Å². The van der Waals surface area contributed by atoms with Crippen molar-refractivity contribution < 1.29 is 9.18 Å². The van der Waals surface area contributed by atoms with Gasteiger partial charge in [0.25, 0.3) is 0 Å². The summed E-state index contributed by atoms with van der Waals surface area (Å²) in [5.74, 6) is 0.375. The van der Waals surface area contributed by atoms with Crippen molar-refractivity contribution >= 4 is 23.4 Å². The minimum absolute atomic E-state index is 0.229. The Bertz CT molecular complexity index is 960. The van der Waals surface area contributed by atoms with Crippen molar-refractivity contribution in [1.82, 2.24) is 15.3 Å². The number of aromatic nitrogens is 2. The fraction of sp³-hybridized carbons (Fsp3) is 0.190. The summed E-state index contributed by atoms with van der Waals surface area (Å²) in [4.78, 5) is 19.9. The summed E-state index contributed by atoms with van der Waals surface area (Å²) in [7, 11) is 0. The van der Waals surface area contributed by atoms with Crippen molar-refractivity contribution in [2.75, 3.05) is 22.9 Å². The van der Waals surface area contributed by atoms with E-state index in [1.165, 1.54) is 30.1 Å². The minimum Gasteiger partial charge on any atom is -0.382 e. The van der Waals surface area contributed by atoms with Crippen LogP contribution in [0.15, 0.2) is 54.9 Å². The Labute approximate surface area is 168 Å². The highest BCUT2D eigenvalue weighted by Crippen LogP contribution is 2.16. The molecule has 0 unspecified atom stereocenters. The van der Waals surface area contributed by atoms with E-state index in [2.05, 4.69) is 25.9 Å². The normalized spacial score (nSPS) is 10.6. The van der Waals surface area contributed by atoms with E-state index in [1.807, 2.05) is 25.1 Å². The van der Waals surface area contributed by atoms with Gasteiger partial charge in [-0.2, -0.15) is 0 Å². The number of rotatable bonds is 7. The average Bonchev–Trinajstić information content (AvgIpc) is 2.70. The summed E-state index contributed by atoms with van der Waals surface area (Å²) in [6.45, 7) is 3.48. The smallest absolute Gasteiger partial charge is 0.324 e. The molecule has 0 saturated carbocycles. The first-order valence-corrected chi connectivity index (χ1v) is 9.20. The van der Waals surface area contributed by atoms with Crippen LogP contribution in [0.1, 0.15) is 16.7 Å². The van der Waals surface area contributed by atoms with E-state index >= 15 is 0 Å². The highest BCUT2D eigenvalue weighted by atomic mass is 19.1. The number of benzene rings is 2. The van der Waals surface area contributed by atoms with Gasteiger partial charge < -0.3 is 16.4 Å². The summed E-state index contributed by atoms with van der Waals surface area (Å²) >= 11 is 0. The number of anilines is 3. The van der Waals surface area contributed by atoms with E-state index in [0.29, 0.717) is 18.1 Å². The standard InChI is InChI=1S/C21H23FN6O/c1-14-10-18(27-21(29)28-20-13-25-19(23)12-26-20)7-4-16(14)8-9-24-11-15-2-5-17(22)6-3-15/h2-7,10,12-13,24H,8-9,11H2,1H3,(H2,23,25)(H2,26,27,28,29). The Morgan fingerprint density at radius 3 is 2.55 bits per heavy atom.